The van der Waals surface area contributed by atoms with Crippen LogP contribution in [0, 0.1) is 10.1 Å². The van der Waals surface area contributed by atoms with E-state index in [4.69, 9.17) is 15.3 Å². The fraction of sp³-hybridized carbons (Fsp3) is 0.500. The first-order chi connectivity index (χ1) is 9.10. The van der Waals surface area contributed by atoms with Crippen molar-refractivity contribution in [2.24, 2.45) is 5.84 Å². The van der Waals surface area contributed by atoms with Crippen LogP contribution in [0.3, 0.4) is 0 Å². The summed E-state index contributed by atoms with van der Waals surface area (Å²) in [7, 11) is 3.12. The molecule has 0 radical (unpaired) electrons. The minimum absolute atomic E-state index is 0.105. The van der Waals surface area contributed by atoms with Crippen LogP contribution in [0.5, 0.6) is 0 Å². The van der Waals surface area contributed by atoms with Crippen LogP contribution in [0.2, 0.25) is 0 Å². The molecule has 0 fully saturated rings. The lowest BCUT2D eigenvalue weighted by Crippen LogP contribution is -2.27. The molecule has 9 nitrogen and oxygen atoms in total. The van der Waals surface area contributed by atoms with Gasteiger partial charge in [0.2, 0.25) is 0 Å². The van der Waals surface area contributed by atoms with Crippen molar-refractivity contribution in [3.05, 3.63) is 22.2 Å². The van der Waals surface area contributed by atoms with Crippen molar-refractivity contribution >= 4 is 17.3 Å². The van der Waals surface area contributed by atoms with Gasteiger partial charge in [0.05, 0.1) is 29.8 Å². The summed E-state index contributed by atoms with van der Waals surface area (Å²) < 4.78 is 10.1. The average Bonchev–Trinajstić information content (AvgIpc) is 2.42. The Kier molecular flexibility index (Phi) is 5.93. The molecule has 0 aliphatic rings. The summed E-state index contributed by atoms with van der Waals surface area (Å²) in [6.45, 7) is 0.808. The minimum atomic E-state index is -0.517. The molecular formula is C10H17N5O4. The Bertz CT molecular complexity index is 428. The van der Waals surface area contributed by atoms with Crippen molar-refractivity contribution in [2.75, 3.05) is 38.1 Å². The lowest BCUT2D eigenvalue weighted by atomic mass is 10.3. The molecule has 1 heterocycles. The van der Waals surface area contributed by atoms with E-state index < -0.39 is 4.92 Å². The predicted octanol–water partition coefficient (Wildman–Crippen LogP) is 0.349. The standard InChI is InChI=1S/C10H17N5O4/c1-18-6-8(19-2)5-12-9-3-7(15(16)17)4-10(13-9)14-11/h3-4,8H,5-6,11H2,1-2H3,(H2,12,13,14). The number of anilines is 2. The summed E-state index contributed by atoms with van der Waals surface area (Å²) in [5.74, 6) is 5.75. The van der Waals surface area contributed by atoms with E-state index in [9.17, 15) is 10.1 Å². The number of pyridine rings is 1. The van der Waals surface area contributed by atoms with Gasteiger partial charge in [-0.05, 0) is 0 Å². The third-order valence-corrected chi connectivity index (χ3v) is 2.37. The highest BCUT2D eigenvalue weighted by Crippen LogP contribution is 2.19. The van der Waals surface area contributed by atoms with Gasteiger partial charge in [0, 0.05) is 20.8 Å². The second kappa shape index (κ2) is 7.46. The maximum Gasteiger partial charge on any atom is 0.276 e. The van der Waals surface area contributed by atoms with E-state index in [0.29, 0.717) is 19.0 Å². The number of nitrogens with zero attached hydrogens (tertiary/aromatic N) is 2. The number of nitrogens with one attached hydrogen (secondary N) is 2. The summed E-state index contributed by atoms with van der Waals surface area (Å²) in [6.07, 6.45) is -0.180. The molecule has 0 saturated heterocycles. The Balaban J connectivity index is 2.76. The highest BCUT2D eigenvalue weighted by Gasteiger charge is 2.12. The van der Waals surface area contributed by atoms with Gasteiger partial charge >= 0.3 is 0 Å². The van der Waals surface area contributed by atoms with Crippen molar-refractivity contribution in [3.8, 4) is 0 Å². The summed E-state index contributed by atoms with van der Waals surface area (Å²) in [4.78, 5) is 14.3. The van der Waals surface area contributed by atoms with E-state index in [1.807, 2.05) is 0 Å². The number of nitrogen functional groups attached to an aromatic ring is 1. The van der Waals surface area contributed by atoms with Gasteiger partial charge in [-0.3, -0.25) is 10.1 Å². The smallest absolute Gasteiger partial charge is 0.276 e. The molecule has 0 saturated carbocycles. The molecular weight excluding hydrogens is 254 g/mol. The van der Waals surface area contributed by atoms with Crippen LogP contribution in [0.1, 0.15) is 0 Å². The van der Waals surface area contributed by atoms with Gasteiger partial charge in [-0.1, -0.05) is 0 Å². The topological polar surface area (TPSA) is 125 Å². The van der Waals surface area contributed by atoms with E-state index >= 15 is 0 Å². The molecule has 1 atom stereocenters. The van der Waals surface area contributed by atoms with Gasteiger partial charge in [-0.15, -0.1) is 0 Å². The Morgan fingerprint density at radius 1 is 1.47 bits per heavy atom. The maximum atomic E-state index is 10.8. The van der Waals surface area contributed by atoms with Gasteiger partial charge in [0.1, 0.15) is 11.6 Å². The Labute approximate surface area is 110 Å². The monoisotopic (exact) mass is 271 g/mol. The molecule has 1 rings (SSSR count). The van der Waals surface area contributed by atoms with Crippen LogP contribution in [0.15, 0.2) is 12.1 Å². The molecule has 1 aromatic heterocycles. The molecule has 0 aliphatic carbocycles. The zero-order chi connectivity index (χ0) is 14.3. The fourth-order valence-corrected chi connectivity index (χ4v) is 1.40. The zero-order valence-corrected chi connectivity index (χ0v) is 10.8. The van der Waals surface area contributed by atoms with E-state index in [2.05, 4.69) is 15.7 Å². The summed E-state index contributed by atoms with van der Waals surface area (Å²) in [5, 5.41) is 13.7. The van der Waals surface area contributed by atoms with Crippen LogP contribution in [0.4, 0.5) is 17.3 Å². The average molecular weight is 271 g/mol. The Morgan fingerprint density at radius 3 is 2.68 bits per heavy atom. The fourth-order valence-electron chi connectivity index (χ4n) is 1.40. The van der Waals surface area contributed by atoms with Crippen LogP contribution in [-0.2, 0) is 9.47 Å². The Morgan fingerprint density at radius 2 is 2.16 bits per heavy atom. The number of hydrogen-bond acceptors (Lipinski definition) is 8. The van der Waals surface area contributed by atoms with Gasteiger partial charge in [-0.25, -0.2) is 10.8 Å². The molecule has 19 heavy (non-hydrogen) atoms. The lowest BCUT2D eigenvalue weighted by molar-refractivity contribution is -0.384. The van der Waals surface area contributed by atoms with Gasteiger partial charge in [0.15, 0.2) is 0 Å². The van der Waals surface area contributed by atoms with Crippen LogP contribution < -0.4 is 16.6 Å². The molecule has 0 spiro atoms. The molecule has 0 amide bonds. The predicted molar refractivity (Wildman–Crippen MR) is 69.9 cm³/mol. The third-order valence-electron chi connectivity index (χ3n) is 2.37. The molecule has 106 valence electrons. The molecule has 9 heteroatoms. The van der Waals surface area contributed by atoms with Gasteiger partial charge in [0.25, 0.3) is 5.69 Å². The molecule has 0 bridgehead atoms. The van der Waals surface area contributed by atoms with Gasteiger partial charge < -0.3 is 20.2 Å². The number of hydrogen-bond donors (Lipinski definition) is 3. The van der Waals surface area contributed by atoms with Crippen molar-refractivity contribution in [3.63, 3.8) is 0 Å². The first kappa shape index (κ1) is 15.1. The third kappa shape index (κ3) is 4.66. The number of nitro groups is 1. The van der Waals surface area contributed by atoms with Crippen molar-refractivity contribution < 1.29 is 14.4 Å². The van der Waals surface area contributed by atoms with Crippen molar-refractivity contribution in [1.82, 2.24) is 4.98 Å². The second-order valence-electron chi connectivity index (χ2n) is 3.69. The summed E-state index contributed by atoms with van der Waals surface area (Å²) >= 11 is 0. The number of ether oxygens (including phenoxy) is 2. The molecule has 1 unspecified atom stereocenters. The highest BCUT2D eigenvalue weighted by molar-refractivity contribution is 5.54. The lowest BCUT2D eigenvalue weighted by Gasteiger charge is -2.15. The van der Waals surface area contributed by atoms with Crippen LogP contribution >= 0.6 is 0 Å². The highest BCUT2D eigenvalue weighted by atomic mass is 16.6. The van der Waals surface area contributed by atoms with Crippen molar-refractivity contribution in [1.29, 1.82) is 0 Å². The summed E-state index contributed by atoms with van der Waals surface area (Å²) in [6, 6.07) is 2.56. The van der Waals surface area contributed by atoms with E-state index in [-0.39, 0.29) is 17.6 Å². The normalized spacial score (nSPS) is 11.9. The molecule has 1 aromatic rings. The number of aromatic nitrogens is 1. The quantitative estimate of drug-likeness (QED) is 0.351. The van der Waals surface area contributed by atoms with Crippen molar-refractivity contribution in [2.45, 2.75) is 6.10 Å². The SMILES string of the molecule is COCC(CNc1cc([N+](=O)[O-])cc(NN)n1)OC. The number of rotatable bonds is 8. The zero-order valence-electron chi connectivity index (χ0n) is 10.8. The van der Waals surface area contributed by atoms with E-state index in [1.54, 1.807) is 14.2 Å². The number of methoxy groups -OCH3 is 2. The first-order valence-corrected chi connectivity index (χ1v) is 5.49. The van der Waals surface area contributed by atoms with Crippen LogP contribution in [-0.4, -0.2) is 43.4 Å². The van der Waals surface area contributed by atoms with E-state index in [1.165, 1.54) is 12.1 Å². The number of nitrogens with two attached hydrogens (primary N) is 1. The van der Waals surface area contributed by atoms with Crippen LogP contribution in [0.25, 0.3) is 0 Å². The molecule has 0 aromatic carbocycles. The first-order valence-electron chi connectivity index (χ1n) is 5.49. The molecule has 4 N–H and O–H groups in total. The maximum absolute atomic E-state index is 10.8. The summed E-state index contributed by atoms with van der Waals surface area (Å²) in [5.41, 5.74) is 2.17. The van der Waals surface area contributed by atoms with Gasteiger partial charge in [-0.2, -0.15) is 0 Å². The van der Waals surface area contributed by atoms with E-state index in [0.717, 1.165) is 0 Å². The number of hydrazine groups is 1. The minimum Gasteiger partial charge on any atom is -0.382 e. The largest absolute Gasteiger partial charge is 0.382 e. The molecule has 0 aliphatic heterocycles. The second-order valence-corrected chi connectivity index (χ2v) is 3.69. The Hall–Kier alpha value is -1.97.